The predicted octanol–water partition coefficient (Wildman–Crippen LogP) is 5.31. The fourth-order valence-electron chi connectivity index (χ4n) is 4.87. The van der Waals surface area contributed by atoms with Crippen LogP contribution in [0.2, 0.25) is 6.32 Å². The number of benzene rings is 1. The molecular weight excluding hydrogens is 289 g/mol. The van der Waals surface area contributed by atoms with Crippen molar-refractivity contribution in [1.82, 2.24) is 0 Å². The number of rotatable bonds is 7. The van der Waals surface area contributed by atoms with E-state index in [-0.39, 0.29) is 5.54 Å². The average Bonchev–Trinajstić information content (AvgIpc) is 3.01. The van der Waals surface area contributed by atoms with Crippen LogP contribution in [0.5, 0.6) is 0 Å². The highest BCUT2D eigenvalue weighted by Crippen LogP contribution is 2.42. The maximum absolute atomic E-state index is 6.50. The first kappa shape index (κ1) is 18.0. The molecule has 1 fully saturated rings. The Bertz CT molecular complexity index is 541. The molecule has 0 spiro atoms. The zero-order valence-corrected chi connectivity index (χ0v) is 15.5. The van der Waals surface area contributed by atoms with Gasteiger partial charge in [0.25, 0.3) is 0 Å². The number of aryl methyl sites for hydroxylation is 1. The summed E-state index contributed by atoms with van der Waals surface area (Å²) in [5, 5.41) is 0. The van der Waals surface area contributed by atoms with Gasteiger partial charge < -0.3 is 5.73 Å². The van der Waals surface area contributed by atoms with Crippen molar-refractivity contribution < 1.29 is 0 Å². The zero-order valence-electron chi connectivity index (χ0n) is 15.5. The van der Waals surface area contributed by atoms with Gasteiger partial charge in [0.2, 0.25) is 0 Å². The van der Waals surface area contributed by atoms with Crippen LogP contribution in [0.25, 0.3) is 0 Å². The molecule has 2 heteroatoms. The molecule has 2 N–H and O–H groups in total. The zero-order chi connectivity index (χ0) is 17.0. The SMILES string of the molecule is [B]CCCCC[C@H]1CCc2cc([C@H]3CC[C@](N)(CC)C3)ccc2C1. The lowest BCUT2D eigenvalue weighted by Crippen LogP contribution is -2.35. The molecule has 0 saturated heterocycles. The fourth-order valence-corrected chi connectivity index (χ4v) is 4.87. The van der Waals surface area contributed by atoms with Crippen LogP contribution in [0, 0.1) is 5.92 Å². The Balaban J connectivity index is 1.58. The number of hydrogen-bond donors (Lipinski definition) is 1. The normalized spacial score (nSPS) is 29.6. The van der Waals surface area contributed by atoms with Crippen molar-refractivity contribution in [2.75, 3.05) is 0 Å². The summed E-state index contributed by atoms with van der Waals surface area (Å²) < 4.78 is 0. The lowest BCUT2D eigenvalue weighted by molar-refractivity contribution is 0.407. The van der Waals surface area contributed by atoms with E-state index in [9.17, 15) is 0 Å². The maximum Gasteiger partial charge on any atom is 0.0653 e. The quantitative estimate of drug-likeness (QED) is 0.534. The van der Waals surface area contributed by atoms with E-state index in [0.717, 1.165) is 18.7 Å². The molecule has 2 radical (unpaired) electrons. The molecule has 3 rings (SSSR count). The summed E-state index contributed by atoms with van der Waals surface area (Å²) >= 11 is 0. The topological polar surface area (TPSA) is 26.0 Å². The Morgan fingerprint density at radius 1 is 1.17 bits per heavy atom. The van der Waals surface area contributed by atoms with E-state index >= 15 is 0 Å². The summed E-state index contributed by atoms with van der Waals surface area (Å²) in [6.45, 7) is 2.24. The van der Waals surface area contributed by atoms with E-state index in [0.29, 0.717) is 5.92 Å². The van der Waals surface area contributed by atoms with Gasteiger partial charge in [-0.15, -0.1) is 0 Å². The number of fused-ring (bicyclic) bond motifs is 1. The van der Waals surface area contributed by atoms with Crippen LogP contribution in [0.15, 0.2) is 18.2 Å². The second kappa shape index (κ2) is 8.08. The molecule has 0 aromatic heterocycles. The van der Waals surface area contributed by atoms with Crippen LogP contribution in [-0.2, 0) is 12.8 Å². The van der Waals surface area contributed by atoms with Crippen molar-refractivity contribution in [2.24, 2.45) is 11.7 Å². The Hall–Kier alpha value is -0.755. The molecule has 0 unspecified atom stereocenters. The average molecular weight is 323 g/mol. The molecular formula is C22H34BN. The van der Waals surface area contributed by atoms with Gasteiger partial charge in [-0.3, -0.25) is 0 Å². The second-order valence-corrected chi connectivity index (χ2v) is 8.43. The molecule has 0 heterocycles. The predicted molar refractivity (Wildman–Crippen MR) is 105 cm³/mol. The Morgan fingerprint density at radius 3 is 2.79 bits per heavy atom. The molecule has 1 saturated carbocycles. The first-order valence-corrected chi connectivity index (χ1v) is 10.2. The van der Waals surface area contributed by atoms with Gasteiger partial charge in [-0.05, 0) is 73.5 Å². The summed E-state index contributed by atoms with van der Waals surface area (Å²) in [4.78, 5) is 0. The van der Waals surface area contributed by atoms with Gasteiger partial charge in [-0.1, -0.05) is 57.1 Å². The third-order valence-corrected chi connectivity index (χ3v) is 6.70. The van der Waals surface area contributed by atoms with Crippen molar-refractivity contribution in [1.29, 1.82) is 0 Å². The van der Waals surface area contributed by atoms with E-state index in [1.165, 1.54) is 64.2 Å². The Kier molecular flexibility index (Phi) is 6.08. The monoisotopic (exact) mass is 323 g/mol. The van der Waals surface area contributed by atoms with Crippen LogP contribution < -0.4 is 5.73 Å². The maximum atomic E-state index is 6.50. The lowest BCUT2D eigenvalue weighted by atomic mass is 9.79. The summed E-state index contributed by atoms with van der Waals surface area (Å²) in [6.07, 6.45) is 14.8. The van der Waals surface area contributed by atoms with Gasteiger partial charge >= 0.3 is 0 Å². The highest BCUT2D eigenvalue weighted by atomic mass is 14.8. The molecule has 1 aromatic carbocycles. The minimum atomic E-state index is 0.0925. The van der Waals surface area contributed by atoms with Crippen molar-refractivity contribution in [2.45, 2.75) is 95.3 Å². The van der Waals surface area contributed by atoms with Crippen molar-refractivity contribution in [3.05, 3.63) is 34.9 Å². The van der Waals surface area contributed by atoms with E-state index < -0.39 is 0 Å². The van der Waals surface area contributed by atoms with Gasteiger partial charge in [-0.25, -0.2) is 0 Å². The largest absolute Gasteiger partial charge is 0.325 e. The van der Waals surface area contributed by atoms with Crippen molar-refractivity contribution in [3.8, 4) is 0 Å². The van der Waals surface area contributed by atoms with E-state index in [1.54, 1.807) is 16.7 Å². The minimum absolute atomic E-state index is 0.0925. The molecule has 1 nitrogen and oxygen atoms in total. The highest BCUT2D eigenvalue weighted by molar-refractivity contribution is 6.08. The first-order chi connectivity index (χ1) is 11.6. The van der Waals surface area contributed by atoms with Gasteiger partial charge in [0, 0.05) is 5.54 Å². The molecule has 0 bridgehead atoms. The van der Waals surface area contributed by atoms with Gasteiger partial charge in [-0.2, -0.15) is 0 Å². The molecule has 2 aliphatic carbocycles. The minimum Gasteiger partial charge on any atom is -0.325 e. The van der Waals surface area contributed by atoms with Crippen molar-refractivity contribution in [3.63, 3.8) is 0 Å². The number of hydrogen-bond acceptors (Lipinski definition) is 1. The summed E-state index contributed by atoms with van der Waals surface area (Å²) in [5.41, 5.74) is 11.4. The van der Waals surface area contributed by atoms with Gasteiger partial charge in [0.05, 0.1) is 7.85 Å². The number of nitrogens with two attached hydrogens (primary N) is 1. The second-order valence-electron chi connectivity index (χ2n) is 8.43. The van der Waals surface area contributed by atoms with Gasteiger partial charge in [0.15, 0.2) is 0 Å². The molecule has 24 heavy (non-hydrogen) atoms. The standard InChI is InChI=1S/C22H34BN/c1-2-22(24)12-11-21(16-22)20-10-9-18-14-17(6-4-3-5-13-23)7-8-19(18)15-20/h9-10,15,17,21H,2-8,11-14,16,24H2,1H3/t17-,21-,22+/m0/s1. The molecule has 3 atom stereocenters. The first-order valence-electron chi connectivity index (χ1n) is 10.2. The molecule has 2 aliphatic rings. The molecule has 0 amide bonds. The van der Waals surface area contributed by atoms with Crippen molar-refractivity contribution >= 4 is 7.85 Å². The van der Waals surface area contributed by atoms with E-state index in [1.807, 2.05) is 0 Å². The fraction of sp³-hybridized carbons (Fsp3) is 0.727. The molecule has 130 valence electrons. The van der Waals surface area contributed by atoms with E-state index in [4.69, 9.17) is 13.6 Å². The Labute approximate surface area is 150 Å². The summed E-state index contributed by atoms with van der Waals surface area (Å²) in [5.74, 6) is 1.58. The van der Waals surface area contributed by atoms with Crippen LogP contribution in [0.1, 0.15) is 87.3 Å². The van der Waals surface area contributed by atoms with Gasteiger partial charge in [0.1, 0.15) is 0 Å². The van der Waals surface area contributed by atoms with Crippen LogP contribution in [0.3, 0.4) is 0 Å². The Morgan fingerprint density at radius 2 is 2.04 bits per heavy atom. The third kappa shape index (κ3) is 4.25. The van der Waals surface area contributed by atoms with Crippen LogP contribution in [-0.4, -0.2) is 13.4 Å². The van der Waals surface area contributed by atoms with E-state index in [2.05, 4.69) is 25.1 Å². The van der Waals surface area contributed by atoms with Crippen LogP contribution >= 0.6 is 0 Å². The summed E-state index contributed by atoms with van der Waals surface area (Å²) in [7, 11) is 5.59. The molecule has 1 aromatic rings. The summed E-state index contributed by atoms with van der Waals surface area (Å²) in [6, 6.07) is 7.35. The highest BCUT2D eigenvalue weighted by Gasteiger charge is 2.35. The lowest BCUT2D eigenvalue weighted by Gasteiger charge is -2.26. The van der Waals surface area contributed by atoms with Crippen LogP contribution in [0.4, 0.5) is 0 Å². The third-order valence-electron chi connectivity index (χ3n) is 6.70. The number of unbranched alkanes of at least 4 members (excludes halogenated alkanes) is 2. The molecule has 0 aliphatic heterocycles. The smallest absolute Gasteiger partial charge is 0.0653 e.